The first-order valence-corrected chi connectivity index (χ1v) is 9.39. The zero-order valence-corrected chi connectivity index (χ0v) is 14.0. The Balaban J connectivity index is 1.52. The first-order valence-electron chi connectivity index (χ1n) is 7.79. The molecular formula is C18H15N3O3S. The number of rotatable bonds is 3. The van der Waals surface area contributed by atoms with Gasteiger partial charge in [0.1, 0.15) is 0 Å². The first kappa shape index (κ1) is 15.6. The second-order valence-electron chi connectivity index (χ2n) is 5.83. The third-order valence-corrected chi connectivity index (χ3v) is 5.97. The summed E-state index contributed by atoms with van der Waals surface area (Å²) in [6.45, 7) is 0.486. The Kier molecular flexibility index (Phi) is 3.65. The van der Waals surface area contributed by atoms with E-state index in [1.807, 2.05) is 24.3 Å². The van der Waals surface area contributed by atoms with Crippen LogP contribution in [0.2, 0.25) is 0 Å². The zero-order valence-electron chi connectivity index (χ0n) is 13.2. The summed E-state index contributed by atoms with van der Waals surface area (Å²) in [6.07, 6.45) is 3.47. The molecule has 3 aromatic rings. The number of pyridine rings is 1. The summed E-state index contributed by atoms with van der Waals surface area (Å²) < 4.78 is 24.6. The monoisotopic (exact) mass is 353 g/mol. The van der Waals surface area contributed by atoms with E-state index in [-0.39, 0.29) is 11.7 Å². The minimum Gasteiger partial charge on any atom is -0.322 e. The van der Waals surface area contributed by atoms with E-state index in [9.17, 15) is 13.2 Å². The molecule has 25 heavy (non-hydrogen) atoms. The van der Waals surface area contributed by atoms with Gasteiger partial charge in [0.25, 0.3) is 5.91 Å². The van der Waals surface area contributed by atoms with Gasteiger partial charge >= 0.3 is 0 Å². The van der Waals surface area contributed by atoms with Crippen LogP contribution in [-0.4, -0.2) is 31.6 Å². The van der Waals surface area contributed by atoms with Gasteiger partial charge in [-0.25, -0.2) is 8.42 Å². The lowest BCUT2D eigenvalue weighted by molar-refractivity contribution is 0.102. The third kappa shape index (κ3) is 2.94. The minimum absolute atomic E-state index is 0.173. The van der Waals surface area contributed by atoms with E-state index >= 15 is 0 Å². The average molecular weight is 353 g/mol. The molecule has 0 aliphatic carbocycles. The van der Waals surface area contributed by atoms with Crippen LogP contribution in [0.1, 0.15) is 10.4 Å². The van der Waals surface area contributed by atoms with Gasteiger partial charge in [-0.3, -0.25) is 14.1 Å². The van der Waals surface area contributed by atoms with Crippen molar-refractivity contribution < 1.29 is 13.2 Å². The maximum absolute atomic E-state index is 12.4. The predicted octanol–water partition coefficient (Wildman–Crippen LogP) is 2.64. The number of nitrogens with one attached hydrogen (secondary N) is 1. The number of sulfonamides is 1. The molecule has 6 nitrogen and oxygen atoms in total. The topological polar surface area (TPSA) is 79.4 Å². The smallest absolute Gasteiger partial charge is 0.255 e. The van der Waals surface area contributed by atoms with Crippen LogP contribution in [0, 0.1) is 0 Å². The van der Waals surface area contributed by atoms with Gasteiger partial charge in [0.05, 0.1) is 11.4 Å². The van der Waals surface area contributed by atoms with Crippen molar-refractivity contribution in [3.8, 4) is 0 Å². The Labute approximate surface area is 145 Å². The van der Waals surface area contributed by atoms with E-state index in [2.05, 4.69) is 10.3 Å². The van der Waals surface area contributed by atoms with Gasteiger partial charge < -0.3 is 5.32 Å². The van der Waals surface area contributed by atoms with Crippen LogP contribution in [0.25, 0.3) is 10.8 Å². The number of amides is 1. The maximum Gasteiger partial charge on any atom is 0.255 e. The summed E-state index contributed by atoms with van der Waals surface area (Å²) in [6, 6.07) is 14.0. The van der Waals surface area contributed by atoms with Gasteiger partial charge in [0.2, 0.25) is 10.0 Å². The van der Waals surface area contributed by atoms with Crippen molar-refractivity contribution in [1.82, 2.24) is 4.98 Å². The molecule has 1 aromatic heterocycles. The van der Waals surface area contributed by atoms with E-state index in [1.165, 1.54) is 4.31 Å². The highest BCUT2D eigenvalue weighted by molar-refractivity contribution is 7.94. The summed E-state index contributed by atoms with van der Waals surface area (Å²) >= 11 is 0. The van der Waals surface area contributed by atoms with Crippen LogP contribution in [0.5, 0.6) is 0 Å². The lowest BCUT2D eigenvalue weighted by Crippen LogP contribution is -2.47. The molecule has 1 aliphatic heterocycles. The van der Waals surface area contributed by atoms with E-state index in [4.69, 9.17) is 0 Å². The van der Waals surface area contributed by atoms with E-state index in [0.29, 0.717) is 23.5 Å². The van der Waals surface area contributed by atoms with Crippen molar-refractivity contribution in [3.63, 3.8) is 0 Å². The maximum atomic E-state index is 12.4. The van der Waals surface area contributed by atoms with Crippen LogP contribution in [0.15, 0.2) is 60.9 Å². The summed E-state index contributed by atoms with van der Waals surface area (Å²) in [5.74, 6) is -0.0707. The number of fused-ring (bicyclic) bond motifs is 1. The number of benzene rings is 2. The lowest BCUT2D eigenvalue weighted by atomic mass is 10.1. The molecule has 2 heterocycles. The molecule has 0 atom stereocenters. The summed E-state index contributed by atoms with van der Waals surface area (Å²) in [4.78, 5) is 16.4. The van der Waals surface area contributed by atoms with Crippen molar-refractivity contribution in [2.75, 3.05) is 21.9 Å². The largest absolute Gasteiger partial charge is 0.322 e. The van der Waals surface area contributed by atoms with Crippen LogP contribution >= 0.6 is 0 Å². The van der Waals surface area contributed by atoms with Crippen molar-refractivity contribution in [1.29, 1.82) is 0 Å². The van der Waals surface area contributed by atoms with Gasteiger partial charge in [-0.2, -0.15) is 0 Å². The van der Waals surface area contributed by atoms with Gasteiger partial charge in [0.15, 0.2) is 0 Å². The minimum atomic E-state index is -3.15. The van der Waals surface area contributed by atoms with Crippen LogP contribution in [0.4, 0.5) is 11.4 Å². The molecular weight excluding hydrogens is 338 g/mol. The molecule has 0 radical (unpaired) electrons. The van der Waals surface area contributed by atoms with Crippen LogP contribution < -0.4 is 9.62 Å². The molecule has 1 amide bonds. The van der Waals surface area contributed by atoms with Gasteiger partial charge in [0, 0.05) is 35.6 Å². The normalized spacial score (nSPS) is 15.6. The number of nitrogens with zero attached hydrogens (tertiary/aromatic N) is 2. The highest BCUT2D eigenvalue weighted by Gasteiger charge is 2.32. The molecule has 4 rings (SSSR count). The van der Waals surface area contributed by atoms with Crippen LogP contribution in [-0.2, 0) is 10.0 Å². The quantitative estimate of drug-likeness (QED) is 0.785. The number of carbonyl (C=O) groups is 1. The second-order valence-corrected chi connectivity index (χ2v) is 7.84. The summed E-state index contributed by atoms with van der Waals surface area (Å²) in [7, 11) is -3.15. The predicted molar refractivity (Wildman–Crippen MR) is 97.3 cm³/mol. The molecule has 1 aliphatic rings. The molecule has 7 heteroatoms. The van der Waals surface area contributed by atoms with E-state index in [0.717, 1.165) is 10.8 Å². The summed E-state index contributed by atoms with van der Waals surface area (Å²) in [5.41, 5.74) is 1.75. The van der Waals surface area contributed by atoms with Crippen molar-refractivity contribution in [3.05, 3.63) is 66.5 Å². The Morgan fingerprint density at radius 3 is 2.52 bits per heavy atom. The summed E-state index contributed by atoms with van der Waals surface area (Å²) in [5, 5.41) is 4.84. The standard InChI is InChI=1S/C18H15N3O3S/c22-18(20-16-4-1-15-12-19-8-7-14(15)11-16)13-2-5-17(6-3-13)21-9-10-25(21,23)24/h1-8,11-12H,9-10H2,(H,20,22). The Bertz CT molecular complexity index is 1060. The number of hydrogen-bond acceptors (Lipinski definition) is 4. The molecule has 0 spiro atoms. The molecule has 1 fully saturated rings. The Morgan fingerprint density at radius 1 is 1.04 bits per heavy atom. The van der Waals surface area contributed by atoms with E-state index in [1.54, 1.807) is 36.7 Å². The molecule has 1 saturated heterocycles. The fraction of sp³-hybridized carbons (Fsp3) is 0.111. The van der Waals surface area contributed by atoms with Crippen molar-refractivity contribution in [2.45, 2.75) is 0 Å². The van der Waals surface area contributed by atoms with Gasteiger partial charge in [-0.1, -0.05) is 6.07 Å². The number of hydrogen-bond donors (Lipinski definition) is 1. The molecule has 1 N–H and O–H groups in total. The Morgan fingerprint density at radius 2 is 1.84 bits per heavy atom. The fourth-order valence-corrected chi connectivity index (χ4v) is 3.87. The van der Waals surface area contributed by atoms with Gasteiger partial charge in [-0.05, 0) is 47.9 Å². The third-order valence-electron chi connectivity index (χ3n) is 4.20. The lowest BCUT2D eigenvalue weighted by Gasteiger charge is -2.32. The van der Waals surface area contributed by atoms with Crippen molar-refractivity contribution in [2.24, 2.45) is 0 Å². The van der Waals surface area contributed by atoms with Crippen molar-refractivity contribution >= 4 is 38.1 Å². The molecule has 0 bridgehead atoms. The van der Waals surface area contributed by atoms with Gasteiger partial charge in [-0.15, -0.1) is 0 Å². The first-order chi connectivity index (χ1) is 12.0. The van der Waals surface area contributed by atoms with Crippen LogP contribution in [0.3, 0.4) is 0 Å². The van der Waals surface area contributed by atoms with E-state index < -0.39 is 10.0 Å². The molecule has 0 saturated carbocycles. The number of anilines is 2. The Hall–Kier alpha value is -2.93. The molecule has 126 valence electrons. The zero-order chi connectivity index (χ0) is 17.4. The average Bonchev–Trinajstić information content (AvgIpc) is 2.61. The highest BCUT2D eigenvalue weighted by Crippen LogP contribution is 2.25. The molecule has 0 unspecified atom stereocenters. The fourth-order valence-electron chi connectivity index (χ4n) is 2.76. The molecule has 2 aromatic carbocycles. The highest BCUT2D eigenvalue weighted by atomic mass is 32.2. The number of aromatic nitrogens is 1. The number of carbonyl (C=O) groups excluding carboxylic acids is 1. The second kappa shape index (κ2) is 5.86. The SMILES string of the molecule is O=C(Nc1ccc2cnccc2c1)c1ccc(N2CCS2(=O)=O)cc1.